The first-order valence-corrected chi connectivity index (χ1v) is 8.04. The monoisotopic (exact) mass is 334 g/mol. The van der Waals surface area contributed by atoms with Crippen molar-refractivity contribution in [3.63, 3.8) is 0 Å². The van der Waals surface area contributed by atoms with Gasteiger partial charge in [-0.1, -0.05) is 0 Å². The number of amides is 4. The summed E-state index contributed by atoms with van der Waals surface area (Å²) in [5, 5.41) is 2.41. The Balaban J connectivity index is 1.43. The lowest BCUT2D eigenvalue weighted by Gasteiger charge is -2.26. The number of fused-ring (bicyclic) bond motifs is 1. The largest absolute Gasteiger partial charge is 0.445 e. The molecule has 0 bridgehead atoms. The van der Waals surface area contributed by atoms with Gasteiger partial charge in [-0.25, -0.2) is 9.78 Å². The summed E-state index contributed by atoms with van der Waals surface area (Å²) in [4.78, 5) is 42.6. The molecule has 1 unspecified atom stereocenters. The molecule has 0 saturated carbocycles. The number of aromatic nitrogens is 1. The Labute approximate surface area is 137 Å². The highest BCUT2D eigenvalue weighted by molar-refractivity contribution is 6.04. The van der Waals surface area contributed by atoms with Gasteiger partial charge in [0.1, 0.15) is 18.0 Å². The van der Waals surface area contributed by atoms with E-state index in [1.165, 1.54) is 0 Å². The van der Waals surface area contributed by atoms with E-state index in [0.717, 1.165) is 22.8 Å². The molecule has 0 aliphatic carbocycles. The van der Waals surface area contributed by atoms with E-state index in [-0.39, 0.29) is 30.8 Å². The molecular weight excluding hydrogens is 316 g/mol. The molecule has 0 radical (unpaired) electrons. The highest BCUT2D eigenvalue weighted by Crippen LogP contribution is 2.28. The molecule has 128 valence electrons. The third kappa shape index (κ3) is 2.64. The van der Waals surface area contributed by atoms with Crippen molar-refractivity contribution < 1.29 is 23.5 Å². The maximum Gasteiger partial charge on any atom is 0.325 e. The van der Waals surface area contributed by atoms with Gasteiger partial charge in [0.05, 0.1) is 25.6 Å². The van der Waals surface area contributed by atoms with Crippen LogP contribution in [-0.2, 0) is 27.3 Å². The number of hydrogen-bond acceptors (Lipinski definition) is 6. The Bertz CT molecular complexity index is 678. The Hall–Kier alpha value is -2.42. The SMILES string of the molecule is O=C(CN1C(=O)CNC1=O)N1CCc2oc(C3CCOC3)nc2C1. The summed E-state index contributed by atoms with van der Waals surface area (Å²) < 4.78 is 11.2. The lowest BCUT2D eigenvalue weighted by molar-refractivity contribution is -0.137. The van der Waals surface area contributed by atoms with Crippen LogP contribution in [0.5, 0.6) is 0 Å². The predicted octanol–water partition coefficient (Wildman–Crippen LogP) is -0.385. The maximum atomic E-state index is 12.4. The number of imide groups is 1. The summed E-state index contributed by atoms with van der Waals surface area (Å²) in [5.41, 5.74) is 0.758. The van der Waals surface area contributed by atoms with E-state index in [0.29, 0.717) is 38.6 Å². The highest BCUT2D eigenvalue weighted by atomic mass is 16.5. The van der Waals surface area contributed by atoms with E-state index in [1.54, 1.807) is 4.90 Å². The average molecular weight is 334 g/mol. The number of nitrogens with one attached hydrogen (secondary N) is 1. The minimum absolute atomic E-state index is 0.0492. The van der Waals surface area contributed by atoms with E-state index >= 15 is 0 Å². The molecule has 0 aromatic carbocycles. The van der Waals surface area contributed by atoms with Crippen LogP contribution in [0.1, 0.15) is 29.7 Å². The molecular formula is C15H18N4O5. The predicted molar refractivity (Wildman–Crippen MR) is 78.9 cm³/mol. The van der Waals surface area contributed by atoms with Gasteiger partial charge < -0.3 is 19.4 Å². The molecule has 9 nitrogen and oxygen atoms in total. The van der Waals surface area contributed by atoms with Crippen molar-refractivity contribution in [2.75, 3.05) is 32.8 Å². The van der Waals surface area contributed by atoms with Gasteiger partial charge in [0.2, 0.25) is 5.91 Å². The van der Waals surface area contributed by atoms with Crippen LogP contribution in [0.4, 0.5) is 4.79 Å². The van der Waals surface area contributed by atoms with Crippen molar-refractivity contribution in [2.45, 2.75) is 25.3 Å². The molecule has 2 fully saturated rings. The van der Waals surface area contributed by atoms with Crippen molar-refractivity contribution in [2.24, 2.45) is 0 Å². The van der Waals surface area contributed by atoms with Crippen LogP contribution in [-0.4, -0.2) is 65.5 Å². The molecule has 9 heteroatoms. The van der Waals surface area contributed by atoms with Crippen molar-refractivity contribution in [1.82, 2.24) is 20.1 Å². The number of carbonyl (C=O) groups excluding carboxylic acids is 3. The van der Waals surface area contributed by atoms with Gasteiger partial charge in [-0.15, -0.1) is 0 Å². The number of hydrogen-bond donors (Lipinski definition) is 1. The zero-order valence-electron chi connectivity index (χ0n) is 13.1. The van der Waals surface area contributed by atoms with Gasteiger partial charge in [0.15, 0.2) is 5.89 Å². The normalized spacial score (nSPS) is 23.6. The molecule has 2 saturated heterocycles. The zero-order valence-corrected chi connectivity index (χ0v) is 13.1. The Morgan fingerprint density at radius 1 is 1.38 bits per heavy atom. The van der Waals surface area contributed by atoms with E-state index in [9.17, 15) is 14.4 Å². The highest BCUT2D eigenvalue weighted by Gasteiger charge is 2.34. The second-order valence-electron chi connectivity index (χ2n) is 6.19. The first-order chi connectivity index (χ1) is 11.6. The van der Waals surface area contributed by atoms with Gasteiger partial charge in [-0.05, 0) is 6.42 Å². The Morgan fingerprint density at radius 2 is 2.25 bits per heavy atom. The molecule has 0 spiro atoms. The fraction of sp³-hybridized carbons (Fsp3) is 0.600. The molecule has 24 heavy (non-hydrogen) atoms. The molecule has 4 rings (SSSR count). The maximum absolute atomic E-state index is 12.4. The standard InChI is InChI=1S/C15H18N4O5/c20-12-5-16-15(22)19(12)7-13(21)18-3-1-11-10(6-18)17-14(24-11)9-2-4-23-8-9/h9H,1-8H2,(H,16,22). The van der Waals surface area contributed by atoms with E-state index < -0.39 is 6.03 Å². The summed E-state index contributed by atoms with van der Waals surface area (Å²) in [6.45, 7) is 1.89. The quantitative estimate of drug-likeness (QED) is 0.755. The second-order valence-corrected chi connectivity index (χ2v) is 6.19. The molecule has 3 aliphatic heterocycles. The van der Waals surface area contributed by atoms with E-state index in [4.69, 9.17) is 9.15 Å². The molecule has 1 atom stereocenters. The topological polar surface area (TPSA) is 105 Å². The fourth-order valence-electron chi connectivity index (χ4n) is 3.19. The number of carbonyl (C=O) groups is 3. The minimum atomic E-state index is -0.518. The number of urea groups is 1. The molecule has 4 heterocycles. The van der Waals surface area contributed by atoms with Gasteiger partial charge >= 0.3 is 6.03 Å². The minimum Gasteiger partial charge on any atom is -0.445 e. The summed E-state index contributed by atoms with van der Waals surface area (Å²) in [5.74, 6) is 1.04. The number of oxazole rings is 1. The first-order valence-electron chi connectivity index (χ1n) is 8.04. The van der Waals surface area contributed by atoms with Crippen LogP contribution in [0, 0.1) is 0 Å². The van der Waals surface area contributed by atoms with Gasteiger partial charge in [0.25, 0.3) is 5.91 Å². The third-order valence-corrected chi connectivity index (χ3v) is 4.61. The molecule has 1 N–H and O–H groups in total. The summed E-state index contributed by atoms with van der Waals surface area (Å²) in [6.07, 6.45) is 1.48. The summed E-state index contributed by atoms with van der Waals surface area (Å²) in [6, 6.07) is -0.518. The van der Waals surface area contributed by atoms with Crippen molar-refractivity contribution in [1.29, 1.82) is 0 Å². The van der Waals surface area contributed by atoms with Crippen LogP contribution in [0.3, 0.4) is 0 Å². The summed E-state index contributed by atoms with van der Waals surface area (Å²) >= 11 is 0. The number of ether oxygens (including phenoxy) is 1. The van der Waals surface area contributed by atoms with Gasteiger partial charge in [-0.2, -0.15) is 0 Å². The van der Waals surface area contributed by atoms with E-state index in [1.807, 2.05) is 0 Å². The number of nitrogens with zero attached hydrogens (tertiary/aromatic N) is 3. The molecule has 4 amide bonds. The van der Waals surface area contributed by atoms with Crippen LogP contribution < -0.4 is 5.32 Å². The Morgan fingerprint density at radius 3 is 2.96 bits per heavy atom. The van der Waals surface area contributed by atoms with Gasteiger partial charge in [0, 0.05) is 19.6 Å². The second kappa shape index (κ2) is 5.90. The molecule has 1 aromatic heterocycles. The Kier molecular flexibility index (Phi) is 3.72. The van der Waals surface area contributed by atoms with Crippen molar-refractivity contribution in [3.8, 4) is 0 Å². The average Bonchev–Trinajstić information content (AvgIpc) is 3.29. The molecule has 3 aliphatic rings. The third-order valence-electron chi connectivity index (χ3n) is 4.61. The number of rotatable bonds is 3. The lowest BCUT2D eigenvalue weighted by atomic mass is 10.1. The van der Waals surface area contributed by atoms with Crippen molar-refractivity contribution >= 4 is 17.8 Å². The summed E-state index contributed by atoms with van der Waals surface area (Å²) in [7, 11) is 0. The van der Waals surface area contributed by atoms with Crippen LogP contribution in [0.25, 0.3) is 0 Å². The van der Waals surface area contributed by atoms with E-state index in [2.05, 4.69) is 10.3 Å². The van der Waals surface area contributed by atoms with Crippen LogP contribution in [0.15, 0.2) is 4.42 Å². The smallest absolute Gasteiger partial charge is 0.325 e. The lowest BCUT2D eigenvalue weighted by Crippen LogP contribution is -2.44. The fourth-order valence-corrected chi connectivity index (χ4v) is 3.19. The van der Waals surface area contributed by atoms with Crippen LogP contribution in [0.2, 0.25) is 0 Å². The van der Waals surface area contributed by atoms with Gasteiger partial charge in [-0.3, -0.25) is 14.5 Å². The van der Waals surface area contributed by atoms with Crippen molar-refractivity contribution in [3.05, 3.63) is 17.3 Å². The molecule has 1 aromatic rings. The first kappa shape index (κ1) is 15.1. The van der Waals surface area contributed by atoms with Crippen LogP contribution >= 0.6 is 0 Å². The zero-order chi connectivity index (χ0) is 16.7.